The van der Waals surface area contributed by atoms with E-state index in [4.69, 9.17) is 0 Å². The van der Waals surface area contributed by atoms with Gasteiger partial charge in [-0.1, -0.05) is 86.7 Å². The van der Waals surface area contributed by atoms with E-state index < -0.39 is 0 Å². The van der Waals surface area contributed by atoms with Crippen LogP contribution >= 0.6 is 0 Å². The van der Waals surface area contributed by atoms with Gasteiger partial charge >= 0.3 is 0 Å². The SMILES string of the molecule is Cc1ccccc1-c1ccccc1CCC1(C)C=CC=CC1C. The fraction of sp³-hybridized carbons (Fsp3) is 0.304. The Labute approximate surface area is 140 Å². The summed E-state index contributed by atoms with van der Waals surface area (Å²) in [5.41, 5.74) is 5.81. The van der Waals surface area contributed by atoms with E-state index in [2.05, 4.69) is 93.6 Å². The van der Waals surface area contributed by atoms with Crippen molar-refractivity contribution >= 4 is 0 Å². The highest BCUT2D eigenvalue weighted by Gasteiger charge is 2.28. The quantitative estimate of drug-likeness (QED) is 0.616. The van der Waals surface area contributed by atoms with E-state index in [0.717, 1.165) is 6.42 Å². The average Bonchev–Trinajstić information content (AvgIpc) is 2.57. The van der Waals surface area contributed by atoms with E-state index in [9.17, 15) is 0 Å². The van der Waals surface area contributed by atoms with E-state index in [-0.39, 0.29) is 5.41 Å². The van der Waals surface area contributed by atoms with Gasteiger partial charge < -0.3 is 0 Å². The van der Waals surface area contributed by atoms with Crippen LogP contribution in [0.4, 0.5) is 0 Å². The van der Waals surface area contributed by atoms with Gasteiger partial charge in [0.25, 0.3) is 0 Å². The number of benzene rings is 2. The Morgan fingerprint density at radius 2 is 1.61 bits per heavy atom. The Morgan fingerprint density at radius 1 is 0.913 bits per heavy atom. The molecule has 0 nitrogen and oxygen atoms in total. The molecule has 0 heteroatoms. The molecular weight excluding hydrogens is 276 g/mol. The molecule has 118 valence electrons. The van der Waals surface area contributed by atoms with Crippen LogP contribution in [0, 0.1) is 18.3 Å². The molecule has 0 radical (unpaired) electrons. The lowest BCUT2D eigenvalue weighted by atomic mass is 9.71. The van der Waals surface area contributed by atoms with Crippen LogP contribution < -0.4 is 0 Å². The maximum atomic E-state index is 2.38. The predicted molar refractivity (Wildman–Crippen MR) is 100 cm³/mol. The summed E-state index contributed by atoms with van der Waals surface area (Å²) in [4.78, 5) is 0. The van der Waals surface area contributed by atoms with E-state index in [0.29, 0.717) is 5.92 Å². The van der Waals surface area contributed by atoms with Gasteiger partial charge in [-0.2, -0.15) is 0 Å². The second kappa shape index (κ2) is 6.58. The van der Waals surface area contributed by atoms with Crippen molar-refractivity contribution in [3.63, 3.8) is 0 Å². The molecule has 2 unspecified atom stereocenters. The van der Waals surface area contributed by atoms with Gasteiger partial charge in [0.1, 0.15) is 0 Å². The second-order valence-corrected chi connectivity index (χ2v) is 7.01. The van der Waals surface area contributed by atoms with Crippen molar-refractivity contribution in [2.45, 2.75) is 33.6 Å². The molecule has 0 N–H and O–H groups in total. The van der Waals surface area contributed by atoms with Crippen LogP contribution in [0.15, 0.2) is 72.8 Å². The molecule has 0 fully saturated rings. The third kappa shape index (κ3) is 3.32. The smallest absolute Gasteiger partial charge is 0.00801 e. The zero-order valence-corrected chi connectivity index (χ0v) is 14.4. The molecular formula is C23H26. The minimum Gasteiger partial charge on any atom is -0.0809 e. The van der Waals surface area contributed by atoms with E-state index >= 15 is 0 Å². The number of hydrogen-bond acceptors (Lipinski definition) is 0. The topological polar surface area (TPSA) is 0 Å². The van der Waals surface area contributed by atoms with Gasteiger partial charge in [0.15, 0.2) is 0 Å². The first-order valence-corrected chi connectivity index (χ1v) is 8.60. The standard InChI is InChI=1S/C23H26/c1-18-10-4-6-13-21(18)22-14-7-5-12-20(22)15-17-23(3)16-9-8-11-19(23)2/h4-14,16,19H,15,17H2,1-3H3. The first-order chi connectivity index (χ1) is 11.1. The van der Waals surface area contributed by atoms with Crippen molar-refractivity contribution < 1.29 is 0 Å². The maximum Gasteiger partial charge on any atom is -0.00801 e. The molecule has 0 heterocycles. The molecule has 1 aliphatic rings. The summed E-state index contributed by atoms with van der Waals surface area (Å²) in [5.74, 6) is 0.595. The Morgan fingerprint density at radius 3 is 2.35 bits per heavy atom. The summed E-state index contributed by atoms with van der Waals surface area (Å²) in [5, 5.41) is 0. The van der Waals surface area contributed by atoms with E-state index in [1.54, 1.807) is 0 Å². The summed E-state index contributed by atoms with van der Waals surface area (Å²) in [7, 11) is 0. The largest absolute Gasteiger partial charge is 0.0809 e. The minimum absolute atomic E-state index is 0.258. The van der Waals surface area contributed by atoms with Crippen LogP contribution in [-0.2, 0) is 6.42 Å². The third-order valence-electron chi connectivity index (χ3n) is 5.41. The number of hydrogen-bond donors (Lipinski definition) is 0. The van der Waals surface area contributed by atoms with E-state index in [1.807, 2.05) is 0 Å². The summed E-state index contributed by atoms with van der Waals surface area (Å²) in [6, 6.07) is 17.6. The molecule has 1 aliphatic carbocycles. The molecule has 0 aliphatic heterocycles. The molecule has 0 saturated heterocycles. The van der Waals surface area contributed by atoms with Crippen LogP contribution in [0.5, 0.6) is 0 Å². The number of aryl methyl sites for hydroxylation is 2. The molecule has 2 aromatic carbocycles. The van der Waals surface area contributed by atoms with Crippen molar-refractivity contribution in [1.29, 1.82) is 0 Å². The van der Waals surface area contributed by atoms with Crippen LogP contribution in [0.1, 0.15) is 31.4 Å². The Bertz CT molecular complexity index is 735. The van der Waals surface area contributed by atoms with Crippen molar-refractivity contribution in [2.75, 3.05) is 0 Å². The highest BCUT2D eigenvalue weighted by molar-refractivity contribution is 5.70. The maximum absolute atomic E-state index is 2.38. The van der Waals surface area contributed by atoms with Crippen molar-refractivity contribution in [3.05, 3.63) is 84.0 Å². The first kappa shape index (κ1) is 15.8. The molecule has 0 bridgehead atoms. The molecule has 0 aromatic heterocycles. The van der Waals surface area contributed by atoms with E-state index in [1.165, 1.54) is 28.7 Å². The summed E-state index contributed by atoms with van der Waals surface area (Å²) < 4.78 is 0. The average molecular weight is 302 g/mol. The van der Waals surface area contributed by atoms with Crippen LogP contribution in [0.25, 0.3) is 11.1 Å². The molecule has 2 aromatic rings. The molecule has 0 saturated carbocycles. The van der Waals surface area contributed by atoms with Crippen molar-refractivity contribution in [3.8, 4) is 11.1 Å². The Hall–Kier alpha value is -2.08. The van der Waals surface area contributed by atoms with Gasteiger partial charge in [-0.05, 0) is 53.4 Å². The van der Waals surface area contributed by atoms with Gasteiger partial charge in [0.2, 0.25) is 0 Å². The number of allylic oxidation sites excluding steroid dienone is 4. The lowest BCUT2D eigenvalue weighted by Gasteiger charge is -2.33. The zero-order chi connectivity index (χ0) is 16.3. The first-order valence-electron chi connectivity index (χ1n) is 8.60. The normalized spacial score (nSPS) is 23.2. The predicted octanol–water partition coefficient (Wildman–Crippen LogP) is 6.36. The molecule has 0 spiro atoms. The lowest BCUT2D eigenvalue weighted by molar-refractivity contribution is 0.300. The fourth-order valence-corrected chi connectivity index (χ4v) is 3.47. The number of rotatable bonds is 4. The van der Waals surface area contributed by atoms with Crippen LogP contribution in [-0.4, -0.2) is 0 Å². The van der Waals surface area contributed by atoms with Gasteiger partial charge in [-0.25, -0.2) is 0 Å². The van der Waals surface area contributed by atoms with Gasteiger partial charge in [-0.15, -0.1) is 0 Å². The van der Waals surface area contributed by atoms with Gasteiger partial charge in [-0.3, -0.25) is 0 Å². The zero-order valence-electron chi connectivity index (χ0n) is 14.4. The van der Waals surface area contributed by atoms with Crippen LogP contribution in [0.3, 0.4) is 0 Å². The fourth-order valence-electron chi connectivity index (χ4n) is 3.47. The lowest BCUT2D eigenvalue weighted by Crippen LogP contribution is -2.24. The molecule has 2 atom stereocenters. The van der Waals surface area contributed by atoms with Gasteiger partial charge in [0.05, 0.1) is 0 Å². The van der Waals surface area contributed by atoms with Gasteiger partial charge in [0, 0.05) is 0 Å². The highest BCUT2D eigenvalue weighted by atomic mass is 14.3. The second-order valence-electron chi connectivity index (χ2n) is 7.01. The van der Waals surface area contributed by atoms with Crippen LogP contribution in [0.2, 0.25) is 0 Å². The monoisotopic (exact) mass is 302 g/mol. The minimum atomic E-state index is 0.258. The summed E-state index contributed by atoms with van der Waals surface area (Å²) in [6.45, 7) is 6.91. The Kier molecular flexibility index (Phi) is 4.52. The third-order valence-corrected chi connectivity index (χ3v) is 5.41. The molecule has 3 rings (SSSR count). The molecule has 23 heavy (non-hydrogen) atoms. The Balaban J connectivity index is 1.86. The summed E-state index contributed by atoms with van der Waals surface area (Å²) >= 11 is 0. The van der Waals surface area contributed by atoms with Crippen molar-refractivity contribution in [1.82, 2.24) is 0 Å². The summed E-state index contributed by atoms with van der Waals surface area (Å²) in [6.07, 6.45) is 11.4. The highest BCUT2D eigenvalue weighted by Crippen LogP contribution is 2.38. The molecule has 0 amide bonds. The van der Waals surface area contributed by atoms with Crippen molar-refractivity contribution in [2.24, 2.45) is 11.3 Å².